The zero-order valence-electron chi connectivity index (χ0n) is 9.84. The van der Waals surface area contributed by atoms with E-state index in [2.05, 4.69) is 6.92 Å². The summed E-state index contributed by atoms with van der Waals surface area (Å²) < 4.78 is 13.2. The smallest absolute Gasteiger partial charge is 0.165 e. The molecule has 0 bridgehead atoms. The molecule has 88 valence electrons. The zero-order valence-corrected chi connectivity index (χ0v) is 9.84. The van der Waals surface area contributed by atoms with Crippen molar-refractivity contribution in [3.05, 3.63) is 35.6 Å². The van der Waals surface area contributed by atoms with Crippen LogP contribution in [0, 0.1) is 5.82 Å². The van der Waals surface area contributed by atoms with Gasteiger partial charge < -0.3 is 0 Å². The lowest BCUT2D eigenvalue weighted by molar-refractivity contribution is 0.0975. The Bertz CT molecular complexity index is 333. The highest BCUT2D eigenvalue weighted by Gasteiger charge is 2.09. The van der Waals surface area contributed by atoms with Crippen LogP contribution in [0.2, 0.25) is 0 Å². The second-order valence-electron chi connectivity index (χ2n) is 4.07. The third-order valence-corrected chi connectivity index (χ3v) is 2.68. The molecule has 0 heterocycles. The summed E-state index contributed by atoms with van der Waals surface area (Å²) in [7, 11) is 0. The molecule has 1 rings (SSSR count). The molecule has 0 amide bonds. The van der Waals surface area contributed by atoms with Crippen molar-refractivity contribution in [3.63, 3.8) is 0 Å². The third-order valence-electron chi connectivity index (χ3n) is 2.68. The highest BCUT2D eigenvalue weighted by molar-refractivity contribution is 5.96. The Labute approximate surface area is 96.7 Å². The summed E-state index contributed by atoms with van der Waals surface area (Å²) in [6, 6.07) is 6.20. The molecule has 1 aromatic carbocycles. The van der Waals surface area contributed by atoms with Gasteiger partial charge in [0.05, 0.1) is 5.56 Å². The number of ketones is 1. The number of benzene rings is 1. The highest BCUT2D eigenvalue weighted by Crippen LogP contribution is 2.12. The maximum absolute atomic E-state index is 13.2. The summed E-state index contributed by atoms with van der Waals surface area (Å²) in [6.45, 7) is 2.16. The topological polar surface area (TPSA) is 17.1 Å². The first kappa shape index (κ1) is 12.9. The Kier molecular flexibility index (Phi) is 5.76. The maximum Gasteiger partial charge on any atom is 0.165 e. The Hall–Kier alpha value is -1.18. The van der Waals surface area contributed by atoms with Crippen molar-refractivity contribution >= 4 is 5.78 Å². The predicted molar refractivity (Wildman–Crippen MR) is 64.1 cm³/mol. The van der Waals surface area contributed by atoms with Gasteiger partial charge in [0.2, 0.25) is 0 Å². The van der Waals surface area contributed by atoms with E-state index in [1.165, 1.54) is 25.3 Å². The van der Waals surface area contributed by atoms with E-state index >= 15 is 0 Å². The SMILES string of the molecule is CCCCCCCC(=O)c1ccccc1F. The van der Waals surface area contributed by atoms with Crippen molar-refractivity contribution in [1.82, 2.24) is 0 Å². The standard InChI is InChI=1S/C14H19FO/c1-2-3-4-5-6-11-14(16)12-9-7-8-10-13(12)15/h7-10H,2-6,11H2,1H3. The molecule has 1 aromatic rings. The van der Waals surface area contributed by atoms with Crippen molar-refractivity contribution in [2.75, 3.05) is 0 Å². The van der Waals surface area contributed by atoms with Crippen LogP contribution in [0.4, 0.5) is 4.39 Å². The van der Waals surface area contributed by atoms with Gasteiger partial charge in [0.1, 0.15) is 5.82 Å². The lowest BCUT2D eigenvalue weighted by Gasteiger charge is -2.02. The summed E-state index contributed by atoms with van der Waals surface area (Å²) >= 11 is 0. The van der Waals surface area contributed by atoms with Crippen LogP contribution in [0.25, 0.3) is 0 Å². The molecule has 1 nitrogen and oxygen atoms in total. The maximum atomic E-state index is 13.2. The van der Waals surface area contributed by atoms with Gasteiger partial charge in [-0.3, -0.25) is 4.79 Å². The molecule has 0 aliphatic rings. The monoisotopic (exact) mass is 222 g/mol. The molecule has 16 heavy (non-hydrogen) atoms. The van der Waals surface area contributed by atoms with Crippen LogP contribution in [-0.4, -0.2) is 5.78 Å². The molecule has 0 fully saturated rings. The summed E-state index contributed by atoms with van der Waals surface area (Å²) in [4.78, 5) is 11.7. The number of carbonyl (C=O) groups excluding carboxylic acids is 1. The average molecular weight is 222 g/mol. The molecule has 0 atom stereocenters. The summed E-state index contributed by atoms with van der Waals surface area (Å²) in [5.74, 6) is -0.476. The second-order valence-corrected chi connectivity index (χ2v) is 4.07. The van der Waals surface area contributed by atoms with Crippen molar-refractivity contribution in [3.8, 4) is 0 Å². The Morgan fingerprint density at radius 3 is 2.50 bits per heavy atom. The van der Waals surface area contributed by atoms with E-state index in [0.717, 1.165) is 12.8 Å². The second kappa shape index (κ2) is 7.15. The molecule has 0 saturated heterocycles. The number of halogens is 1. The zero-order chi connectivity index (χ0) is 11.8. The van der Waals surface area contributed by atoms with Crippen LogP contribution < -0.4 is 0 Å². The first-order valence-electron chi connectivity index (χ1n) is 6.03. The lowest BCUT2D eigenvalue weighted by Crippen LogP contribution is -2.01. The fourth-order valence-electron chi connectivity index (χ4n) is 1.71. The van der Waals surface area contributed by atoms with Gasteiger partial charge in [0.25, 0.3) is 0 Å². The molecule has 0 aliphatic carbocycles. The molecule has 0 aliphatic heterocycles. The van der Waals surface area contributed by atoms with E-state index in [-0.39, 0.29) is 11.3 Å². The Balaban J connectivity index is 2.33. The Morgan fingerprint density at radius 1 is 1.12 bits per heavy atom. The summed E-state index contributed by atoms with van der Waals surface area (Å²) in [5, 5.41) is 0. The van der Waals surface area contributed by atoms with Gasteiger partial charge in [0, 0.05) is 6.42 Å². The quantitative estimate of drug-likeness (QED) is 0.494. The van der Waals surface area contributed by atoms with Crippen LogP contribution in [0.5, 0.6) is 0 Å². The van der Waals surface area contributed by atoms with E-state index in [0.29, 0.717) is 6.42 Å². The van der Waals surface area contributed by atoms with Crippen molar-refractivity contribution in [2.45, 2.75) is 45.4 Å². The molecule has 0 spiro atoms. The fourth-order valence-corrected chi connectivity index (χ4v) is 1.71. The Morgan fingerprint density at radius 2 is 1.81 bits per heavy atom. The molecule has 0 N–H and O–H groups in total. The number of hydrogen-bond acceptors (Lipinski definition) is 1. The number of hydrogen-bond donors (Lipinski definition) is 0. The number of unbranched alkanes of at least 4 members (excludes halogenated alkanes) is 4. The van der Waals surface area contributed by atoms with Crippen molar-refractivity contribution < 1.29 is 9.18 Å². The van der Waals surface area contributed by atoms with Crippen molar-refractivity contribution in [2.24, 2.45) is 0 Å². The normalized spacial score (nSPS) is 10.4. The van der Waals surface area contributed by atoms with Crippen LogP contribution >= 0.6 is 0 Å². The van der Waals surface area contributed by atoms with Gasteiger partial charge in [-0.1, -0.05) is 44.7 Å². The van der Waals surface area contributed by atoms with E-state index in [1.54, 1.807) is 18.2 Å². The van der Waals surface area contributed by atoms with Gasteiger partial charge in [-0.05, 0) is 18.6 Å². The minimum absolute atomic E-state index is 0.0744. The van der Waals surface area contributed by atoms with Gasteiger partial charge >= 0.3 is 0 Å². The van der Waals surface area contributed by atoms with E-state index in [1.807, 2.05) is 0 Å². The molecule has 0 saturated carbocycles. The highest BCUT2D eigenvalue weighted by atomic mass is 19.1. The fraction of sp³-hybridized carbons (Fsp3) is 0.500. The van der Waals surface area contributed by atoms with Gasteiger partial charge in [-0.15, -0.1) is 0 Å². The van der Waals surface area contributed by atoms with Crippen LogP contribution in [0.15, 0.2) is 24.3 Å². The molecule has 0 aromatic heterocycles. The first-order chi connectivity index (χ1) is 7.75. The van der Waals surface area contributed by atoms with Gasteiger partial charge in [0.15, 0.2) is 5.78 Å². The molecule has 0 radical (unpaired) electrons. The molecule has 0 unspecified atom stereocenters. The minimum Gasteiger partial charge on any atom is -0.294 e. The van der Waals surface area contributed by atoms with E-state index < -0.39 is 5.82 Å². The summed E-state index contributed by atoms with van der Waals surface area (Å²) in [6.07, 6.45) is 5.97. The van der Waals surface area contributed by atoms with Gasteiger partial charge in [-0.25, -0.2) is 4.39 Å². The van der Waals surface area contributed by atoms with Crippen molar-refractivity contribution in [1.29, 1.82) is 0 Å². The molecule has 2 heteroatoms. The lowest BCUT2D eigenvalue weighted by atomic mass is 10.0. The van der Waals surface area contributed by atoms with Crippen LogP contribution in [-0.2, 0) is 0 Å². The van der Waals surface area contributed by atoms with Crippen LogP contribution in [0.3, 0.4) is 0 Å². The molecular formula is C14H19FO. The first-order valence-corrected chi connectivity index (χ1v) is 6.03. The van der Waals surface area contributed by atoms with E-state index in [4.69, 9.17) is 0 Å². The number of carbonyl (C=O) groups is 1. The molecular weight excluding hydrogens is 203 g/mol. The third kappa shape index (κ3) is 4.13. The van der Waals surface area contributed by atoms with E-state index in [9.17, 15) is 9.18 Å². The number of Topliss-reactive ketones (excluding diaryl/α,β-unsaturated/α-hetero) is 1. The number of rotatable bonds is 7. The minimum atomic E-state index is -0.402. The largest absolute Gasteiger partial charge is 0.294 e. The summed E-state index contributed by atoms with van der Waals surface area (Å²) in [5.41, 5.74) is 0.234. The average Bonchev–Trinajstić information content (AvgIpc) is 2.29. The van der Waals surface area contributed by atoms with Crippen LogP contribution in [0.1, 0.15) is 55.8 Å². The predicted octanol–water partition coefficient (Wildman–Crippen LogP) is 4.37. The van der Waals surface area contributed by atoms with Gasteiger partial charge in [-0.2, -0.15) is 0 Å².